The van der Waals surface area contributed by atoms with Gasteiger partial charge >= 0.3 is 0 Å². The quantitative estimate of drug-likeness (QED) is 0.844. The number of carbonyl (C=O) groups is 1. The first-order chi connectivity index (χ1) is 10.8. The summed E-state index contributed by atoms with van der Waals surface area (Å²) < 4.78 is 11.0. The first-order valence-corrected chi connectivity index (χ1v) is 8.12. The van der Waals surface area contributed by atoms with Gasteiger partial charge in [0.2, 0.25) is 5.91 Å². The second-order valence-electron chi connectivity index (χ2n) is 6.78. The van der Waals surface area contributed by atoms with Gasteiger partial charge in [-0.25, -0.2) is 0 Å². The number of hydrogen-bond donors (Lipinski definition) is 2. The van der Waals surface area contributed by atoms with Crippen molar-refractivity contribution in [2.24, 2.45) is 11.1 Å². The Morgan fingerprint density at radius 1 is 1.43 bits per heavy atom. The van der Waals surface area contributed by atoms with E-state index in [1.165, 1.54) is 0 Å². The Balaban J connectivity index is 2.10. The van der Waals surface area contributed by atoms with Crippen LogP contribution in [-0.2, 0) is 9.53 Å². The molecule has 1 aliphatic rings. The van der Waals surface area contributed by atoms with Gasteiger partial charge in [0.05, 0.1) is 19.3 Å². The van der Waals surface area contributed by atoms with Crippen molar-refractivity contribution in [2.75, 3.05) is 13.7 Å². The zero-order valence-corrected chi connectivity index (χ0v) is 14.7. The second-order valence-corrected chi connectivity index (χ2v) is 6.78. The maximum Gasteiger partial charge on any atom is 0.241 e. The molecule has 1 aliphatic carbocycles. The van der Waals surface area contributed by atoms with Crippen molar-refractivity contribution in [3.05, 3.63) is 29.8 Å². The topological polar surface area (TPSA) is 73.6 Å². The number of nitrogens with two attached hydrogens (primary N) is 1. The van der Waals surface area contributed by atoms with Gasteiger partial charge in [-0.2, -0.15) is 0 Å². The van der Waals surface area contributed by atoms with Crippen molar-refractivity contribution in [2.45, 2.75) is 51.8 Å². The standard InChI is InChI=1S/C18H28N2O3/c1-6-23-15-11-18(19,17(15,3)4)16(21)20-12(2)13-9-7-8-10-14(13)22-5/h7-10,12,15H,6,11,19H2,1-5H3,(H,20,21). The van der Waals surface area contributed by atoms with Crippen molar-refractivity contribution >= 4 is 5.91 Å². The first-order valence-electron chi connectivity index (χ1n) is 8.12. The lowest BCUT2D eigenvalue weighted by Crippen LogP contribution is -2.75. The highest BCUT2D eigenvalue weighted by atomic mass is 16.5. The van der Waals surface area contributed by atoms with Crippen LogP contribution in [0.3, 0.4) is 0 Å². The Labute approximate surface area is 138 Å². The van der Waals surface area contributed by atoms with Gasteiger partial charge in [-0.05, 0) is 19.9 Å². The summed E-state index contributed by atoms with van der Waals surface area (Å²) in [5.74, 6) is 0.614. The third-order valence-corrected chi connectivity index (χ3v) is 5.19. The average Bonchev–Trinajstić information content (AvgIpc) is 2.54. The summed E-state index contributed by atoms with van der Waals surface area (Å²) in [5, 5.41) is 3.03. The summed E-state index contributed by atoms with van der Waals surface area (Å²) in [6.07, 6.45) is 0.558. The number of benzene rings is 1. The summed E-state index contributed by atoms with van der Waals surface area (Å²) in [6, 6.07) is 7.48. The minimum atomic E-state index is -0.914. The molecule has 0 spiro atoms. The van der Waals surface area contributed by atoms with Crippen LogP contribution >= 0.6 is 0 Å². The van der Waals surface area contributed by atoms with Crippen LogP contribution < -0.4 is 15.8 Å². The predicted octanol–water partition coefficient (Wildman–Crippen LogP) is 2.40. The number of ether oxygens (including phenoxy) is 2. The zero-order chi connectivity index (χ0) is 17.3. The van der Waals surface area contributed by atoms with E-state index in [0.717, 1.165) is 11.3 Å². The predicted molar refractivity (Wildman–Crippen MR) is 90.3 cm³/mol. The Kier molecular flexibility index (Phi) is 5.01. The van der Waals surface area contributed by atoms with E-state index in [4.69, 9.17) is 15.2 Å². The van der Waals surface area contributed by atoms with E-state index in [1.54, 1.807) is 7.11 Å². The van der Waals surface area contributed by atoms with Crippen LogP contribution in [0.4, 0.5) is 0 Å². The summed E-state index contributed by atoms with van der Waals surface area (Å²) in [6.45, 7) is 8.50. The molecule has 3 atom stereocenters. The molecule has 2 rings (SSSR count). The number of hydrogen-bond acceptors (Lipinski definition) is 4. The fourth-order valence-corrected chi connectivity index (χ4v) is 3.25. The first kappa shape index (κ1) is 17.8. The van der Waals surface area contributed by atoms with E-state index in [9.17, 15) is 4.79 Å². The fraction of sp³-hybridized carbons (Fsp3) is 0.611. The number of carbonyl (C=O) groups excluding carboxylic acids is 1. The lowest BCUT2D eigenvalue weighted by Gasteiger charge is -2.57. The van der Waals surface area contributed by atoms with E-state index < -0.39 is 11.0 Å². The maximum atomic E-state index is 12.8. The summed E-state index contributed by atoms with van der Waals surface area (Å²) >= 11 is 0. The molecule has 3 unspecified atom stereocenters. The Morgan fingerprint density at radius 3 is 2.65 bits per heavy atom. The molecule has 3 N–H and O–H groups in total. The molecule has 0 bridgehead atoms. The number of amides is 1. The third-order valence-electron chi connectivity index (χ3n) is 5.19. The Hall–Kier alpha value is -1.59. The van der Waals surface area contributed by atoms with Gasteiger partial charge in [-0.3, -0.25) is 4.79 Å². The van der Waals surface area contributed by atoms with Crippen LogP contribution in [-0.4, -0.2) is 31.3 Å². The minimum Gasteiger partial charge on any atom is -0.496 e. The molecule has 128 valence electrons. The molecular formula is C18H28N2O3. The molecule has 5 heteroatoms. The van der Waals surface area contributed by atoms with Crippen molar-refractivity contribution in [3.8, 4) is 5.75 Å². The van der Waals surface area contributed by atoms with E-state index in [2.05, 4.69) is 5.32 Å². The van der Waals surface area contributed by atoms with Crippen LogP contribution in [0.1, 0.15) is 45.7 Å². The molecule has 0 aromatic heterocycles. The van der Waals surface area contributed by atoms with Crippen LogP contribution in [0.2, 0.25) is 0 Å². The van der Waals surface area contributed by atoms with E-state index in [1.807, 2.05) is 52.0 Å². The monoisotopic (exact) mass is 320 g/mol. The zero-order valence-electron chi connectivity index (χ0n) is 14.7. The smallest absolute Gasteiger partial charge is 0.241 e. The van der Waals surface area contributed by atoms with E-state index in [-0.39, 0.29) is 18.1 Å². The van der Waals surface area contributed by atoms with Crippen molar-refractivity contribution in [3.63, 3.8) is 0 Å². The molecule has 0 aliphatic heterocycles. The van der Waals surface area contributed by atoms with Gasteiger partial charge in [-0.1, -0.05) is 32.0 Å². The number of nitrogens with one attached hydrogen (secondary N) is 1. The molecule has 23 heavy (non-hydrogen) atoms. The minimum absolute atomic E-state index is 0.0183. The number of methoxy groups -OCH3 is 1. The molecule has 1 aromatic carbocycles. The highest BCUT2D eigenvalue weighted by molar-refractivity contribution is 5.89. The van der Waals surface area contributed by atoms with Gasteiger partial charge in [0.15, 0.2) is 0 Å². The van der Waals surface area contributed by atoms with Gasteiger partial charge in [-0.15, -0.1) is 0 Å². The molecule has 0 radical (unpaired) electrons. The van der Waals surface area contributed by atoms with Gasteiger partial charge in [0, 0.05) is 24.0 Å². The van der Waals surface area contributed by atoms with E-state index in [0.29, 0.717) is 13.0 Å². The van der Waals surface area contributed by atoms with Crippen LogP contribution in [0.15, 0.2) is 24.3 Å². The van der Waals surface area contributed by atoms with Crippen LogP contribution in [0, 0.1) is 5.41 Å². The largest absolute Gasteiger partial charge is 0.496 e. The number of para-hydroxylation sites is 1. The van der Waals surface area contributed by atoms with E-state index >= 15 is 0 Å². The lowest BCUT2D eigenvalue weighted by atomic mass is 9.54. The molecule has 0 saturated heterocycles. The maximum absolute atomic E-state index is 12.8. The van der Waals surface area contributed by atoms with Gasteiger partial charge < -0.3 is 20.5 Å². The third kappa shape index (κ3) is 2.95. The molecule has 1 aromatic rings. The summed E-state index contributed by atoms with van der Waals surface area (Å²) in [7, 11) is 1.62. The molecule has 1 fully saturated rings. The highest BCUT2D eigenvalue weighted by Gasteiger charge is 2.62. The molecule has 0 heterocycles. The average molecular weight is 320 g/mol. The Morgan fingerprint density at radius 2 is 2.09 bits per heavy atom. The molecular weight excluding hydrogens is 292 g/mol. The van der Waals surface area contributed by atoms with Crippen molar-refractivity contribution < 1.29 is 14.3 Å². The van der Waals surface area contributed by atoms with Crippen molar-refractivity contribution in [1.82, 2.24) is 5.32 Å². The number of rotatable bonds is 6. The van der Waals surface area contributed by atoms with Crippen LogP contribution in [0.5, 0.6) is 5.75 Å². The highest BCUT2D eigenvalue weighted by Crippen LogP contribution is 2.50. The van der Waals surface area contributed by atoms with Gasteiger partial charge in [0.25, 0.3) is 0 Å². The fourth-order valence-electron chi connectivity index (χ4n) is 3.25. The normalized spacial score (nSPS) is 27.0. The SMILES string of the molecule is CCOC1CC(N)(C(=O)NC(C)c2ccccc2OC)C1(C)C. The molecule has 1 amide bonds. The van der Waals surface area contributed by atoms with Crippen molar-refractivity contribution in [1.29, 1.82) is 0 Å². The summed E-state index contributed by atoms with van der Waals surface area (Å²) in [5.41, 5.74) is 6.05. The lowest BCUT2D eigenvalue weighted by molar-refractivity contribution is -0.171. The summed E-state index contributed by atoms with van der Waals surface area (Å²) in [4.78, 5) is 12.8. The van der Waals surface area contributed by atoms with Crippen LogP contribution in [0.25, 0.3) is 0 Å². The molecule has 5 nitrogen and oxygen atoms in total. The molecule has 1 saturated carbocycles. The second kappa shape index (κ2) is 6.49. The van der Waals surface area contributed by atoms with Gasteiger partial charge in [0.1, 0.15) is 11.3 Å². The Bertz CT molecular complexity index is 573.